The van der Waals surface area contributed by atoms with Gasteiger partial charge in [0.2, 0.25) is 5.75 Å². The Morgan fingerprint density at radius 2 is 1.59 bits per heavy atom. The molecule has 2 aromatic heterocycles. The van der Waals surface area contributed by atoms with Crippen LogP contribution in [-0.4, -0.2) is 47.9 Å². The number of anilines is 1. The summed E-state index contributed by atoms with van der Waals surface area (Å²) < 4.78 is 23.7. The summed E-state index contributed by atoms with van der Waals surface area (Å²) in [4.78, 5) is 25.2. The molecule has 0 unspecified atom stereocenters. The molecule has 0 bridgehead atoms. The fourth-order valence-electron chi connectivity index (χ4n) is 3.15. The number of pyridine rings is 1. The van der Waals surface area contributed by atoms with Crippen molar-refractivity contribution in [1.29, 1.82) is 0 Å². The minimum Gasteiger partial charge on any atom is -0.490 e. The zero-order valence-electron chi connectivity index (χ0n) is 18.6. The van der Waals surface area contributed by atoms with E-state index in [1.807, 2.05) is 20.8 Å². The average Bonchev–Trinajstić information content (AvgIpc) is 3.19. The van der Waals surface area contributed by atoms with Gasteiger partial charge >= 0.3 is 5.97 Å². The van der Waals surface area contributed by atoms with Gasteiger partial charge in [0.05, 0.1) is 38.1 Å². The van der Waals surface area contributed by atoms with Crippen LogP contribution in [0.1, 0.15) is 48.4 Å². The molecule has 1 N–H and O–H groups in total. The number of aromatic nitrogens is 2. The zero-order valence-corrected chi connectivity index (χ0v) is 18.6. The first-order valence-corrected chi connectivity index (χ1v) is 10.5. The zero-order chi connectivity index (χ0) is 23.1. The molecule has 3 aromatic rings. The highest BCUT2D eigenvalue weighted by atomic mass is 16.5. The SMILES string of the molecule is CCOC(=O)c1cnn2ccc(NC(=O)c3cc(OCC)c(OCC)c(OCC)c3)cc12. The molecule has 0 saturated heterocycles. The van der Waals surface area contributed by atoms with Crippen LogP contribution in [0.4, 0.5) is 5.69 Å². The predicted molar refractivity (Wildman–Crippen MR) is 119 cm³/mol. The van der Waals surface area contributed by atoms with Gasteiger partial charge in [0.1, 0.15) is 5.56 Å². The number of fused-ring (bicyclic) bond motifs is 1. The van der Waals surface area contributed by atoms with Crippen LogP contribution in [0.3, 0.4) is 0 Å². The lowest BCUT2D eigenvalue weighted by atomic mass is 10.1. The summed E-state index contributed by atoms with van der Waals surface area (Å²) in [6.45, 7) is 8.81. The van der Waals surface area contributed by atoms with Crippen LogP contribution in [0.25, 0.3) is 5.52 Å². The Labute approximate surface area is 186 Å². The Morgan fingerprint density at radius 3 is 2.19 bits per heavy atom. The first-order chi connectivity index (χ1) is 15.5. The van der Waals surface area contributed by atoms with E-state index in [4.69, 9.17) is 18.9 Å². The molecule has 0 aliphatic carbocycles. The molecular formula is C23H27N3O6. The highest BCUT2D eigenvalue weighted by Crippen LogP contribution is 2.39. The number of hydrogen-bond donors (Lipinski definition) is 1. The van der Waals surface area contributed by atoms with Crippen molar-refractivity contribution in [2.45, 2.75) is 27.7 Å². The van der Waals surface area contributed by atoms with E-state index in [2.05, 4.69) is 10.4 Å². The Hall–Kier alpha value is -3.75. The number of rotatable bonds is 10. The maximum Gasteiger partial charge on any atom is 0.341 e. The van der Waals surface area contributed by atoms with E-state index < -0.39 is 5.97 Å². The van der Waals surface area contributed by atoms with E-state index in [0.717, 1.165) is 0 Å². The van der Waals surface area contributed by atoms with Crippen LogP contribution in [0.2, 0.25) is 0 Å². The molecule has 0 saturated carbocycles. The Bertz CT molecular complexity index is 1080. The molecule has 170 valence electrons. The van der Waals surface area contributed by atoms with E-state index in [0.29, 0.717) is 59.4 Å². The van der Waals surface area contributed by atoms with Crippen molar-refractivity contribution >= 4 is 23.1 Å². The highest BCUT2D eigenvalue weighted by molar-refractivity contribution is 6.06. The van der Waals surface area contributed by atoms with Crippen LogP contribution in [0.15, 0.2) is 36.7 Å². The second-order valence-electron chi connectivity index (χ2n) is 6.58. The van der Waals surface area contributed by atoms with Gasteiger partial charge in [-0.25, -0.2) is 9.31 Å². The van der Waals surface area contributed by atoms with E-state index in [1.165, 1.54) is 6.20 Å². The van der Waals surface area contributed by atoms with Gasteiger partial charge in [0, 0.05) is 17.4 Å². The Morgan fingerprint density at radius 1 is 0.938 bits per heavy atom. The van der Waals surface area contributed by atoms with Gasteiger partial charge in [0.25, 0.3) is 5.91 Å². The van der Waals surface area contributed by atoms with Crippen molar-refractivity contribution in [3.63, 3.8) is 0 Å². The quantitative estimate of drug-likeness (QED) is 0.475. The minimum absolute atomic E-state index is 0.259. The standard InChI is InChI=1S/C23H27N3O6/c1-5-29-19-11-15(12-20(30-6-2)21(19)31-7-3)22(27)25-16-9-10-26-18(13-16)17(14-24-26)23(28)32-8-4/h9-14H,5-8H2,1-4H3,(H,25,27). The molecule has 9 nitrogen and oxygen atoms in total. The molecular weight excluding hydrogens is 414 g/mol. The fourth-order valence-corrected chi connectivity index (χ4v) is 3.15. The van der Waals surface area contributed by atoms with Gasteiger partial charge in [-0.15, -0.1) is 0 Å². The third-order valence-electron chi connectivity index (χ3n) is 4.45. The first kappa shape index (κ1) is 22.9. The van der Waals surface area contributed by atoms with Crippen LogP contribution in [0, 0.1) is 0 Å². The summed E-state index contributed by atoms with van der Waals surface area (Å²) in [6.07, 6.45) is 3.09. The lowest BCUT2D eigenvalue weighted by Crippen LogP contribution is -2.13. The lowest BCUT2D eigenvalue weighted by Gasteiger charge is -2.17. The second kappa shape index (κ2) is 10.5. The van der Waals surface area contributed by atoms with Gasteiger partial charge in [0.15, 0.2) is 11.5 Å². The average molecular weight is 441 g/mol. The smallest absolute Gasteiger partial charge is 0.341 e. The lowest BCUT2D eigenvalue weighted by molar-refractivity contribution is 0.0528. The van der Waals surface area contributed by atoms with Gasteiger partial charge in [-0.1, -0.05) is 0 Å². The number of nitrogens with one attached hydrogen (secondary N) is 1. The summed E-state index contributed by atoms with van der Waals surface area (Å²) in [5, 5.41) is 6.99. The topological polar surface area (TPSA) is 100 Å². The number of hydrogen-bond acceptors (Lipinski definition) is 7. The number of esters is 1. The number of ether oxygens (including phenoxy) is 4. The molecule has 3 rings (SSSR count). The van der Waals surface area contributed by atoms with E-state index in [-0.39, 0.29) is 12.5 Å². The number of amides is 1. The Balaban J connectivity index is 1.93. The summed E-state index contributed by atoms with van der Waals surface area (Å²) >= 11 is 0. The summed E-state index contributed by atoms with van der Waals surface area (Å²) in [5.74, 6) is 0.492. The first-order valence-electron chi connectivity index (χ1n) is 10.5. The van der Waals surface area contributed by atoms with Gasteiger partial charge in [-0.05, 0) is 52.0 Å². The van der Waals surface area contributed by atoms with Crippen LogP contribution in [0.5, 0.6) is 17.2 Å². The van der Waals surface area contributed by atoms with E-state index >= 15 is 0 Å². The Kier molecular flexibility index (Phi) is 7.54. The largest absolute Gasteiger partial charge is 0.490 e. The molecule has 1 amide bonds. The highest BCUT2D eigenvalue weighted by Gasteiger charge is 2.19. The molecule has 0 aliphatic rings. The molecule has 9 heteroatoms. The molecule has 0 aliphatic heterocycles. The third kappa shape index (κ3) is 4.93. The monoisotopic (exact) mass is 441 g/mol. The van der Waals surface area contributed by atoms with Crippen molar-refractivity contribution < 1.29 is 28.5 Å². The summed E-state index contributed by atoms with van der Waals surface area (Å²) in [6, 6.07) is 6.59. The van der Waals surface area contributed by atoms with Crippen LogP contribution < -0.4 is 19.5 Å². The molecule has 2 heterocycles. The van der Waals surface area contributed by atoms with Gasteiger partial charge < -0.3 is 24.3 Å². The molecule has 0 atom stereocenters. The number of nitrogens with zero attached hydrogens (tertiary/aromatic N) is 2. The molecule has 0 radical (unpaired) electrons. The minimum atomic E-state index is -0.472. The molecule has 0 spiro atoms. The second-order valence-corrected chi connectivity index (χ2v) is 6.58. The van der Waals surface area contributed by atoms with E-state index in [9.17, 15) is 9.59 Å². The molecule has 32 heavy (non-hydrogen) atoms. The molecule has 0 fully saturated rings. The fraction of sp³-hybridized carbons (Fsp3) is 0.348. The van der Waals surface area contributed by atoms with Crippen molar-refractivity contribution in [1.82, 2.24) is 9.61 Å². The van der Waals surface area contributed by atoms with Crippen LogP contribution in [-0.2, 0) is 4.74 Å². The van der Waals surface area contributed by atoms with E-state index in [1.54, 1.807) is 41.9 Å². The normalized spacial score (nSPS) is 10.6. The van der Waals surface area contributed by atoms with Crippen LogP contribution >= 0.6 is 0 Å². The summed E-state index contributed by atoms with van der Waals surface area (Å²) in [7, 11) is 0. The number of benzene rings is 1. The number of carbonyl (C=O) groups is 2. The number of carbonyl (C=O) groups excluding carboxylic acids is 2. The predicted octanol–water partition coefficient (Wildman–Crippen LogP) is 3.96. The van der Waals surface area contributed by atoms with Gasteiger partial charge in [-0.2, -0.15) is 5.10 Å². The maximum atomic E-state index is 13.0. The summed E-state index contributed by atoms with van der Waals surface area (Å²) in [5.41, 5.74) is 1.69. The van der Waals surface area contributed by atoms with Crippen molar-refractivity contribution in [2.75, 3.05) is 31.7 Å². The maximum absolute atomic E-state index is 13.0. The van der Waals surface area contributed by atoms with Crippen molar-refractivity contribution in [3.8, 4) is 17.2 Å². The van der Waals surface area contributed by atoms with Crippen molar-refractivity contribution in [2.24, 2.45) is 0 Å². The van der Waals surface area contributed by atoms with Crippen molar-refractivity contribution in [3.05, 3.63) is 47.8 Å². The van der Waals surface area contributed by atoms with Gasteiger partial charge in [-0.3, -0.25) is 4.79 Å². The third-order valence-corrected chi connectivity index (χ3v) is 4.45. The molecule has 1 aromatic carbocycles.